The van der Waals surface area contributed by atoms with Gasteiger partial charge in [0.05, 0.1) is 0 Å². The SMILES string of the molecule is Cc1cccc(SC2C=C(Cl)C(CCCI)=CC2)c1. The Morgan fingerprint density at radius 2 is 2.26 bits per heavy atom. The molecule has 1 unspecified atom stereocenters. The Hall–Kier alpha value is 0.0700. The topological polar surface area (TPSA) is 0 Å². The lowest BCUT2D eigenvalue weighted by molar-refractivity contribution is 0.909. The molecule has 1 aromatic rings. The summed E-state index contributed by atoms with van der Waals surface area (Å²) in [5.41, 5.74) is 2.65. The van der Waals surface area contributed by atoms with E-state index in [-0.39, 0.29) is 0 Å². The summed E-state index contributed by atoms with van der Waals surface area (Å²) in [5, 5.41) is 1.43. The number of rotatable bonds is 5. The second-order valence-electron chi connectivity index (χ2n) is 4.75. The van der Waals surface area contributed by atoms with E-state index >= 15 is 0 Å². The third-order valence-corrected chi connectivity index (χ3v) is 5.38. The van der Waals surface area contributed by atoms with Crippen LogP contribution in [0.5, 0.6) is 0 Å². The Balaban J connectivity index is 1.97. The van der Waals surface area contributed by atoms with E-state index < -0.39 is 0 Å². The number of alkyl halides is 1. The van der Waals surface area contributed by atoms with Crippen LogP contribution in [-0.4, -0.2) is 9.68 Å². The first-order valence-electron chi connectivity index (χ1n) is 6.55. The Morgan fingerprint density at radius 3 is 2.95 bits per heavy atom. The van der Waals surface area contributed by atoms with Crippen LogP contribution in [-0.2, 0) is 0 Å². The van der Waals surface area contributed by atoms with Crippen LogP contribution in [0.3, 0.4) is 0 Å². The first-order chi connectivity index (χ1) is 9.19. The Bertz CT molecular complexity index is 493. The van der Waals surface area contributed by atoms with E-state index in [1.54, 1.807) is 0 Å². The van der Waals surface area contributed by atoms with Crippen molar-refractivity contribution in [3.63, 3.8) is 0 Å². The summed E-state index contributed by atoms with van der Waals surface area (Å²) in [6.45, 7) is 2.13. The van der Waals surface area contributed by atoms with Crippen molar-refractivity contribution in [3.05, 3.63) is 52.6 Å². The van der Waals surface area contributed by atoms with Crippen LogP contribution in [0.15, 0.2) is 51.9 Å². The van der Waals surface area contributed by atoms with Crippen molar-refractivity contribution in [1.82, 2.24) is 0 Å². The highest BCUT2D eigenvalue weighted by atomic mass is 127. The molecule has 0 heterocycles. The van der Waals surface area contributed by atoms with Gasteiger partial charge in [0, 0.05) is 15.2 Å². The number of thioether (sulfide) groups is 1. The molecule has 0 N–H and O–H groups in total. The molecule has 102 valence electrons. The molecule has 1 aliphatic rings. The zero-order valence-corrected chi connectivity index (χ0v) is 14.8. The van der Waals surface area contributed by atoms with E-state index in [9.17, 15) is 0 Å². The van der Waals surface area contributed by atoms with Gasteiger partial charge in [-0.25, -0.2) is 0 Å². The molecule has 19 heavy (non-hydrogen) atoms. The molecule has 1 aromatic carbocycles. The molecule has 1 aliphatic carbocycles. The first-order valence-corrected chi connectivity index (χ1v) is 9.33. The predicted octanol–water partition coefficient (Wildman–Crippen LogP) is 6.12. The molecule has 0 radical (unpaired) electrons. The summed E-state index contributed by atoms with van der Waals surface area (Å²) in [6, 6.07) is 8.67. The van der Waals surface area contributed by atoms with Crippen LogP contribution in [0.25, 0.3) is 0 Å². The van der Waals surface area contributed by atoms with Crippen LogP contribution < -0.4 is 0 Å². The maximum Gasteiger partial charge on any atom is 0.0406 e. The summed E-state index contributed by atoms with van der Waals surface area (Å²) in [4.78, 5) is 1.33. The van der Waals surface area contributed by atoms with Crippen LogP contribution in [0.4, 0.5) is 0 Å². The average Bonchev–Trinajstić information content (AvgIpc) is 2.38. The highest BCUT2D eigenvalue weighted by Gasteiger charge is 2.15. The molecule has 0 nitrogen and oxygen atoms in total. The molecule has 1 atom stereocenters. The summed E-state index contributed by atoms with van der Waals surface area (Å²) in [7, 11) is 0. The summed E-state index contributed by atoms with van der Waals surface area (Å²) >= 11 is 10.7. The molecular weight excluding hydrogens is 387 g/mol. The second-order valence-corrected chi connectivity index (χ2v) is 7.54. The molecule has 0 spiro atoms. The minimum Gasteiger partial charge on any atom is -0.118 e. The molecular formula is C16H18ClIS. The Morgan fingerprint density at radius 1 is 1.42 bits per heavy atom. The maximum atomic E-state index is 6.39. The van der Waals surface area contributed by atoms with Crippen LogP contribution in [0.1, 0.15) is 24.8 Å². The van der Waals surface area contributed by atoms with Gasteiger partial charge in [0.1, 0.15) is 0 Å². The first kappa shape index (κ1) is 15.5. The molecule has 0 saturated heterocycles. The highest BCUT2D eigenvalue weighted by molar-refractivity contribution is 14.1. The summed E-state index contributed by atoms with van der Waals surface area (Å²) in [5.74, 6) is 0. The van der Waals surface area contributed by atoms with Gasteiger partial charge in [0.2, 0.25) is 0 Å². The fraction of sp³-hybridized carbons (Fsp3) is 0.375. The van der Waals surface area contributed by atoms with E-state index in [0.29, 0.717) is 5.25 Å². The fourth-order valence-corrected chi connectivity index (χ4v) is 4.06. The third kappa shape index (κ3) is 4.83. The average molecular weight is 405 g/mol. The highest BCUT2D eigenvalue weighted by Crippen LogP contribution is 2.34. The molecule has 0 aliphatic heterocycles. The number of hydrogen-bond acceptors (Lipinski definition) is 1. The predicted molar refractivity (Wildman–Crippen MR) is 95.6 cm³/mol. The lowest BCUT2D eigenvalue weighted by atomic mass is 10.0. The van der Waals surface area contributed by atoms with E-state index in [4.69, 9.17) is 11.6 Å². The summed E-state index contributed by atoms with van der Waals surface area (Å²) in [6.07, 6.45) is 7.96. The molecule has 0 fully saturated rings. The number of halogens is 2. The van der Waals surface area contributed by atoms with Crippen molar-refractivity contribution in [3.8, 4) is 0 Å². The van der Waals surface area contributed by atoms with Gasteiger partial charge >= 0.3 is 0 Å². The van der Waals surface area contributed by atoms with Gasteiger partial charge < -0.3 is 0 Å². The molecule has 3 heteroatoms. The van der Waals surface area contributed by atoms with Crippen molar-refractivity contribution in [2.24, 2.45) is 0 Å². The van der Waals surface area contributed by atoms with E-state index in [1.807, 2.05) is 11.8 Å². The molecule has 2 rings (SSSR count). The fourth-order valence-electron chi connectivity index (χ4n) is 2.12. The van der Waals surface area contributed by atoms with Crippen LogP contribution in [0, 0.1) is 6.92 Å². The van der Waals surface area contributed by atoms with Crippen LogP contribution in [0.2, 0.25) is 0 Å². The minimum atomic E-state index is 0.470. The van der Waals surface area contributed by atoms with E-state index in [0.717, 1.165) is 17.9 Å². The van der Waals surface area contributed by atoms with Crippen molar-refractivity contribution < 1.29 is 0 Å². The van der Waals surface area contributed by atoms with Gasteiger partial charge in [-0.15, -0.1) is 11.8 Å². The molecule has 0 aromatic heterocycles. The number of allylic oxidation sites excluding steroid dienone is 3. The Labute approximate surface area is 138 Å². The zero-order valence-electron chi connectivity index (χ0n) is 11.0. The minimum absolute atomic E-state index is 0.470. The van der Waals surface area contributed by atoms with Crippen molar-refractivity contribution in [1.29, 1.82) is 0 Å². The molecule has 0 amide bonds. The van der Waals surface area contributed by atoms with Gasteiger partial charge in [-0.1, -0.05) is 64.0 Å². The maximum absolute atomic E-state index is 6.39. The van der Waals surface area contributed by atoms with Crippen molar-refractivity contribution in [2.45, 2.75) is 36.3 Å². The van der Waals surface area contributed by atoms with Gasteiger partial charge in [-0.05, 0) is 48.3 Å². The van der Waals surface area contributed by atoms with Gasteiger partial charge in [0.15, 0.2) is 0 Å². The molecule has 0 saturated carbocycles. The standard InChI is InChI=1S/C16H18ClIS/c1-12-4-2-6-14(10-12)19-15-8-7-13(5-3-9-18)16(17)11-15/h2,4,6-7,10-11,15H,3,5,8-9H2,1H3. The smallest absolute Gasteiger partial charge is 0.0406 e. The number of aryl methyl sites for hydroxylation is 1. The largest absolute Gasteiger partial charge is 0.118 e. The van der Waals surface area contributed by atoms with Gasteiger partial charge in [-0.2, -0.15) is 0 Å². The zero-order chi connectivity index (χ0) is 13.7. The van der Waals surface area contributed by atoms with Crippen molar-refractivity contribution >= 4 is 46.0 Å². The lowest BCUT2D eigenvalue weighted by Gasteiger charge is -2.18. The second kappa shape index (κ2) is 7.75. The van der Waals surface area contributed by atoms with Crippen molar-refractivity contribution in [2.75, 3.05) is 4.43 Å². The normalized spacial score (nSPS) is 19.0. The Kier molecular flexibility index (Phi) is 6.30. The van der Waals surface area contributed by atoms with Gasteiger partial charge in [-0.3, -0.25) is 0 Å². The quantitative estimate of drug-likeness (QED) is 0.420. The van der Waals surface area contributed by atoms with E-state index in [1.165, 1.54) is 26.9 Å². The number of benzene rings is 1. The van der Waals surface area contributed by atoms with Gasteiger partial charge in [0.25, 0.3) is 0 Å². The third-order valence-electron chi connectivity index (χ3n) is 3.09. The number of hydrogen-bond donors (Lipinski definition) is 0. The lowest BCUT2D eigenvalue weighted by Crippen LogP contribution is -2.04. The monoisotopic (exact) mass is 404 g/mol. The van der Waals surface area contributed by atoms with Crippen LogP contribution >= 0.6 is 46.0 Å². The van der Waals surface area contributed by atoms with E-state index in [2.05, 4.69) is 65.9 Å². The summed E-state index contributed by atoms with van der Waals surface area (Å²) < 4.78 is 1.20. The molecule has 0 bridgehead atoms.